The predicted molar refractivity (Wildman–Crippen MR) is 75.8 cm³/mol. The molecule has 0 bridgehead atoms. The standard InChI is InChI=1S/C14H18N4O2/c19-13-6-9-18(14(20)16-13)11-4-5-12(15-10-11)17-7-2-1-3-8-17/h4-5,10H,1-3,6-9H2,(H,16,19,20)/i1D. The highest BCUT2D eigenvalue weighted by atomic mass is 16.2. The van der Waals surface area contributed by atoms with Crippen molar-refractivity contribution < 1.29 is 11.0 Å². The second-order valence-electron chi connectivity index (χ2n) is 4.98. The van der Waals surface area contributed by atoms with E-state index in [1.807, 2.05) is 12.1 Å². The highest BCUT2D eigenvalue weighted by molar-refractivity contribution is 6.05. The number of rotatable bonds is 2. The number of pyridine rings is 1. The van der Waals surface area contributed by atoms with Gasteiger partial charge in [-0.05, 0) is 31.4 Å². The summed E-state index contributed by atoms with van der Waals surface area (Å²) in [5.74, 6) is 0.637. The minimum absolute atomic E-state index is 0.0371. The highest BCUT2D eigenvalue weighted by Gasteiger charge is 2.24. The largest absolute Gasteiger partial charge is 0.357 e. The van der Waals surface area contributed by atoms with Gasteiger partial charge in [0.2, 0.25) is 5.91 Å². The number of piperidine rings is 1. The van der Waals surface area contributed by atoms with Crippen LogP contribution < -0.4 is 15.1 Å². The normalized spacial score (nSPS) is 21.7. The first kappa shape index (κ1) is 11.7. The van der Waals surface area contributed by atoms with Crippen molar-refractivity contribution in [2.24, 2.45) is 0 Å². The van der Waals surface area contributed by atoms with Gasteiger partial charge >= 0.3 is 6.03 Å². The second kappa shape index (κ2) is 5.48. The van der Waals surface area contributed by atoms with E-state index in [-0.39, 0.29) is 12.3 Å². The minimum Gasteiger partial charge on any atom is -0.357 e. The van der Waals surface area contributed by atoms with E-state index in [0.29, 0.717) is 18.7 Å². The first-order chi connectivity index (χ1) is 10.1. The fourth-order valence-corrected chi connectivity index (χ4v) is 2.51. The lowest BCUT2D eigenvalue weighted by Gasteiger charge is -2.29. The second-order valence-corrected chi connectivity index (χ2v) is 4.98. The monoisotopic (exact) mass is 275 g/mol. The third kappa shape index (κ3) is 2.59. The van der Waals surface area contributed by atoms with Gasteiger partial charge in [0.05, 0.1) is 11.9 Å². The molecule has 0 saturated carbocycles. The van der Waals surface area contributed by atoms with E-state index in [9.17, 15) is 9.59 Å². The zero-order chi connectivity index (χ0) is 14.8. The number of hydrogen-bond acceptors (Lipinski definition) is 4. The van der Waals surface area contributed by atoms with Crippen LogP contribution >= 0.6 is 0 Å². The predicted octanol–water partition coefficient (Wildman–Crippen LogP) is 1.52. The number of amides is 3. The van der Waals surface area contributed by atoms with E-state index < -0.39 is 6.03 Å². The number of imide groups is 1. The van der Waals surface area contributed by atoms with Crippen LogP contribution in [-0.4, -0.2) is 36.6 Å². The Labute approximate surface area is 119 Å². The van der Waals surface area contributed by atoms with E-state index >= 15 is 0 Å². The van der Waals surface area contributed by atoms with Gasteiger partial charge in [0.25, 0.3) is 0 Å². The Morgan fingerprint density at radius 3 is 2.65 bits per heavy atom. The first-order valence-electron chi connectivity index (χ1n) is 7.46. The molecule has 6 nitrogen and oxygen atoms in total. The maximum absolute atomic E-state index is 11.8. The molecule has 0 spiro atoms. The molecule has 0 atom stereocenters. The molecule has 3 amide bonds. The fraction of sp³-hybridized carbons (Fsp3) is 0.500. The van der Waals surface area contributed by atoms with Crippen molar-refractivity contribution in [3.8, 4) is 0 Å². The molecule has 0 aliphatic carbocycles. The molecular weight excluding hydrogens is 256 g/mol. The van der Waals surface area contributed by atoms with Crippen LogP contribution in [0.2, 0.25) is 0 Å². The van der Waals surface area contributed by atoms with E-state index in [1.165, 1.54) is 4.90 Å². The molecule has 1 aromatic rings. The SMILES string of the molecule is [2H]C1CCN(c2ccc(N3CCC(=O)NC3=O)cn2)CC1. The zero-order valence-electron chi connectivity index (χ0n) is 12.2. The van der Waals surface area contributed by atoms with E-state index in [0.717, 1.165) is 31.7 Å². The number of hydrogen-bond donors (Lipinski definition) is 1. The molecule has 0 aromatic carbocycles. The topological polar surface area (TPSA) is 65.5 Å². The van der Waals surface area contributed by atoms with Crippen molar-refractivity contribution in [3.05, 3.63) is 18.3 Å². The van der Waals surface area contributed by atoms with Crippen LogP contribution in [0.1, 0.15) is 27.0 Å². The Kier molecular flexibility index (Phi) is 3.21. The van der Waals surface area contributed by atoms with Gasteiger partial charge in [-0.15, -0.1) is 0 Å². The van der Waals surface area contributed by atoms with Crippen molar-refractivity contribution in [3.63, 3.8) is 0 Å². The molecule has 2 aliphatic heterocycles. The van der Waals surface area contributed by atoms with Crippen LogP contribution in [0.25, 0.3) is 0 Å². The van der Waals surface area contributed by atoms with Gasteiger partial charge in [0, 0.05) is 27.4 Å². The van der Waals surface area contributed by atoms with Gasteiger partial charge in [-0.25, -0.2) is 9.78 Å². The number of nitrogens with one attached hydrogen (secondary N) is 1. The lowest BCUT2D eigenvalue weighted by Crippen LogP contribution is -2.49. The molecule has 3 rings (SSSR count). The summed E-state index contributed by atoms with van der Waals surface area (Å²) >= 11 is 0. The number of aromatic nitrogens is 1. The summed E-state index contributed by atoms with van der Waals surface area (Å²) in [6.07, 6.45) is 3.73. The molecule has 2 aliphatic rings. The molecule has 0 unspecified atom stereocenters. The highest BCUT2D eigenvalue weighted by Crippen LogP contribution is 2.21. The summed E-state index contributed by atoms with van der Waals surface area (Å²) in [4.78, 5) is 31.0. The first-order valence-corrected chi connectivity index (χ1v) is 6.88. The lowest BCUT2D eigenvalue weighted by atomic mass is 10.1. The molecule has 0 radical (unpaired) electrons. The number of carbonyl (C=O) groups is 2. The van der Waals surface area contributed by atoms with Gasteiger partial charge in [0.15, 0.2) is 0 Å². The van der Waals surface area contributed by atoms with Crippen LogP contribution in [-0.2, 0) is 4.79 Å². The summed E-state index contributed by atoms with van der Waals surface area (Å²) in [5.41, 5.74) is 0.694. The smallest absolute Gasteiger partial charge is 0.328 e. The number of urea groups is 1. The van der Waals surface area contributed by atoms with Gasteiger partial charge in [0.1, 0.15) is 5.82 Å². The molecular formula is C14H18N4O2. The summed E-state index contributed by atoms with van der Waals surface area (Å²) in [7, 11) is 0. The van der Waals surface area contributed by atoms with Crippen molar-refractivity contribution in [1.82, 2.24) is 10.3 Å². The van der Waals surface area contributed by atoms with Crippen molar-refractivity contribution in [2.75, 3.05) is 29.4 Å². The maximum Gasteiger partial charge on any atom is 0.328 e. The minimum atomic E-state index is -0.393. The van der Waals surface area contributed by atoms with Crippen molar-refractivity contribution in [1.29, 1.82) is 0 Å². The average Bonchev–Trinajstić information content (AvgIpc) is 2.48. The molecule has 6 heteroatoms. The molecule has 2 fully saturated rings. The number of nitrogens with zero attached hydrogens (tertiary/aromatic N) is 3. The molecule has 20 heavy (non-hydrogen) atoms. The molecule has 2 saturated heterocycles. The van der Waals surface area contributed by atoms with Crippen LogP contribution in [0.3, 0.4) is 0 Å². The van der Waals surface area contributed by atoms with Crippen LogP contribution in [0.4, 0.5) is 16.3 Å². The Morgan fingerprint density at radius 2 is 2.00 bits per heavy atom. The van der Waals surface area contributed by atoms with Gasteiger partial charge in [-0.2, -0.15) is 0 Å². The quantitative estimate of drug-likeness (QED) is 0.888. The van der Waals surface area contributed by atoms with Gasteiger partial charge < -0.3 is 4.90 Å². The molecule has 1 N–H and O–H groups in total. The third-order valence-corrected chi connectivity index (χ3v) is 3.63. The number of carbonyl (C=O) groups excluding carboxylic acids is 2. The van der Waals surface area contributed by atoms with E-state index in [1.54, 1.807) is 6.20 Å². The van der Waals surface area contributed by atoms with E-state index in [2.05, 4.69) is 15.2 Å². The summed E-state index contributed by atoms with van der Waals surface area (Å²) < 4.78 is 7.71. The summed E-state index contributed by atoms with van der Waals surface area (Å²) in [5, 5.41) is 2.30. The van der Waals surface area contributed by atoms with Crippen molar-refractivity contribution in [2.45, 2.75) is 25.7 Å². The van der Waals surface area contributed by atoms with Gasteiger partial charge in [-0.1, -0.05) is 0 Å². The van der Waals surface area contributed by atoms with E-state index in [4.69, 9.17) is 1.37 Å². The zero-order valence-corrected chi connectivity index (χ0v) is 11.2. The Bertz CT molecular complexity index is 540. The van der Waals surface area contributed by atoms with Crippen molar-refractivity contribution >= 4 is 23.4 Å². The van der Waals surface area contributed by atoms with Gasteiger partial charge in [-0.3, -0.25) is 15.0 Å². The average molecular weight is 275 g/mol. The van der Waals surface area contributed by atoms with Crippen LogP contribution in [0.15, 0.2) is 18.3 Å². The summed E-state index contributed by atoms with van der Waals surface area (Å²) in [6, 6.07) is 3.35. The lowest BCUT2D eigenvalue weighted by molar-refractivity contribution is -0.120. The third-order valence-electron chi connectivity index (χ3n) is 3.63. The van der Waals surface area contributed by atoms with Crippen LogP contribution in [0.5, 0.6) is 0 Å². The van der Waals surface area contributed by atoms with Crippen LogP contribution in [0, 0.1) is 0 Å². The fourth-order valence-electron chi connectivity index (χ4n) is 2.51. The summed E-state index contributed by atoms with van der Waals surface area (Å²) in [6.45, 7) is 2.08. The Morgan fingerprint density at radius 1 is 1.20 bits per heavy atom. The molecule has 3 heterocycles. The number of anilines is 2. The maximum atomic E-state index is 11.8. The Balaban J connectivity index is 1.69. The molecule has 106 valence electrons. The molecule has 1 aromatic heterocycles. The Hall–Kier alpha value is -2.11.